The molecular weight excluding hydrogens is 450 g/mol. The first-order valence-corrected chi connectivity index (χ1v) is 11.4. The van der Waals surface area contributed by atoms with E-state index >= 15 is 0 Å². The van der Waals surface area contributed by atoms with Crippen LogP contribution in [0.15, 0.2) is 47.8 Å². The number of sulfonamides is 1. The number of hydrogen-bond donors (Lipinski definition) is 3. The number of pyridine rings is 1. The van der Waals surface area contributed by atoms with Crippen LogP contribution in [0.25, 0.3) is 11.1 Å². The lowest BCUT2D eigenvalue weighted by Crippen LogP contribution is -2.32. The predicted molar refractivity (Wildman–Crippen MR) is 118 cm³/mol. The van der Waals surface area contributed by atoms with Crippen molar-refractivity contribution in [2.75, 3.05) is 18.4 Å². The van der Waals surface area contributed by atoms with Gasteiger partial charge in [0.15, 0.2) is 0 Å². The van der Waals surface area contributed by atoms with Gasteiger partial charge in [0.2, 0.25) is 0 Å². The molecule has 1 amide bonds. The van der Waals surface area contributed by atoms with Crippen LogP contribution in [0, 0.1) is 0 Å². The van der Waals surface area contributed by atoms with Crippen LogP contribution >= 0.6 is 0 Å². The number of carboxylic acids is 1. The zero-order valence-electron chi connectivity index (χ0n) is 17.8. The molecule has 0 saturated heterocycles. The number of hydrogen-bond acceptors (Lipinski definition) is 7. The van der Waals surface area contributed by atoms with Crippen LogP contribution in [0.5, 0.6) is 5.75 Å². The second-order valence-corrected chi connectivity index (χ2v) is 9.07. The molecule has 4 rings (SSSR count). The van der Waals surface area contributed by atoms with E-state index in [-0.39, 0.29) is 22.2 Å². The standard InChI is InChI=1S/C21H21N5O6S/c1-12(21(28)29)26-11-14(9-24-26)13-3-4-18(32-2)19(7-13)33(30,31)25-15-8-16-17(23-10-15)5-6-22-20(16)27/h3-4,7-12,25H,5-6H2,1-2H3,(H,22,27)(H,28,29). The predicted octanol–water partition coefficient (Wildman–Crippen LogP) is 1.69. The molecule has 0 spiro atoms. The average molecular weight is 471 g/mol. The summed E-state index contributed by atoms with van der Waals surface area (Å²) in [4.78, 5) is 27.4. The van der Waals surface area contributed by atoms with Gasteiger partial charge in [-0.1, -0.05) is 6.07 Å². The van der Waals surface area contributed by atoms with E-state index in [1.807, 2.05) is 0 Å². The summed E-state index contributed by atoms with van der Waals surface area (Å²) in [6.45, 7) is 1.97. The molecule has 1 atom stereocenters. The molecule has 3 N–H and O–H groups in total. The van der Waals surface area contributed by atoms with Crippen molar-refractivity contribution in [3.05, 3.63) is 54.1 Å². The third kappa shape index (κ3) is 4.37. The van der Waals surface area contributed by atoms with Crippen LogP contribution in [0.3, 0.4) is 0 Å². The maximum atomic E-state index is 13.2. The SMILES string of the molecule is COc1ccc(-c2cnn(C(C)C(=O)O)c2)cc1S(=O)(=O)Nc1cnc2c(c1)C(=O)NCC2. The number of amides is 1. The van der Waals surface area contributed by atoms with E-state index in [2.05, 4.69) is 20.1 Å². The first-order chi connectivity index (χ1) is 15.7. The number of carbonyl (C=O) groups is 2. The lowest BCUT2D eigenvalue weighted by molar-refractivity contribution is -0.140. The second-order valence-electron chi connectivity index (χ2n) is 7.42. The van der Waals surface area contributed by atoms with Crippen molar-refractivity contribution >= 4 is 27.6 Å². The molecule has 3 heterocycles. The number of nitrogens with one attached hydrogen (secondary N) is 2. The Morgan fingerprint density at radius 1 is 1.27 bits per heavy atom. The summed E-state index contributed by atoms with van der Waals surface area (Å²) >= 11 is 0. The first-order valence-electron chi connectivity index (χ1n) is 9.95. The number of rotatable bonds is 7. The number of aliphatic carboxylic acids is 1. The van der Waals surface area contributed by atoms with Gasteiger partial charge in [-0.25, -0.2) is 13.2 Å². The zero-order valence-corrected chi connectivity index (χ0v) is 18.6. The Morgan fingerprint density at radius 2 is 2.06 bits per heavy atom. The van der Waals surface area contributed by atoms with Gasteiger partial charge >= 0.3 is 5.97 Å². The van der Waals surface area contributed by atoms with E-state index in [9.17, 15) is 18.0 Å². The van der Waals surface area contributed by atoms with E-state index < -0.39 is 22.0 Å². The summed E-state index contributed by atoms with van der Waals surface area (Å²) in [6.07, 6.45) is 4.91. The molecule has 1 aliphatic rings. The van der Waals surface area contributed by atoms with Crippen molar-refractivity contribution < 1.29 is 27.9 Å². The monoisotopic (exact) mass is 471 g/mol. The van der Waals surface area contributed by atoms with Crippen molar-refractivity contribution in [2.45, 2.75) is 24.3 Å². The Kier molecular flexibility index (Phi) is 5.77. The summed E-state index contributed by atoms with van der Waals surface area (Å²) in [5.41, 5.74) is 2.11. The van der Waals surface area contributed by atoms with Crippen LogP contribution in [0.2, 0.25) is 0 Å². The van der Waals surface area contributed by atoms with Gasteiger partial charge < -0.3 is 15.2 Å². The topological polar surface area (TPSA) is 153 Å². The molecule has 1 aliphatic heterocycles. The molecule has 0 saturated carbocycles. The van der Waals surface area contributed by atoms with E-state index in [4.69, 9.17) is 9.84 Å². The molecule has 12 heteroatoms. The fraction of sp³-hybridized carbons (Fsp3) is 0.238. The maximum Gasteiger partial charge on any atom is 0.328 e. The molecule has 1 aromatic carbocycles. The molecule has 0 aliphatic carbocycles. The average Bonchev–Trinajstić information content (AvgIpc) is 3.28. The number of anilines is 1. The lowest BCUT2D eigenvalue weighted by Gasteiger charge is -2.17. The Hall–Kier alpha value is -3.93. The number of benzene rings is 1. The van der Waals surface area contributed by atoms with Gasteiger partial charge in [-0.2, -0.15) is 5.10 Å². The number of ether oxygens (including phenoxy) is 1. The fourth-order valence-electron chi connectivity index (χ4n) is 3.42. The van der Waals surface area contributed by atoms with Gasteiger partial charge in [0.25, 0.3) is 15.9 Å². The highest BCUT2D eigenvalue weighted by atomic mass is 32.2. The molecule has 0 radical (unpaired) electrons. The van der Waals surface area contributed by atoms with Crippen molar-refractivity contribution in [3.8, 4) is 16.9 Å². The van der Waals surface area contributed by atoms with E-state index in [0.29, 0.717) is 35.3 Å². The summed E-state index contributed by atoms with van der Waals surface area (Å²) in [5, 5.41) is 15.9. The number of methoxy groups -OCH3 is 1. The molecule has 11 nitrogen and oxygen atoms in total. The number of fused-ring (bicyclic) bond motifs is 1. The smallest absolute Gasteiger partial charge is 0.328 e. The second kappa shape index (κ2) is 8.54. The van der Waals surface area contributed by atoms with Gasteiger partial charge in [0, 0.05) is 24.7 Å². The number of nitrogens with zero attached hydrogens (tertiary/aromatic N) is 3. The van der Waals surface area contributed by atoms with Crippen molar-refractivity contribution in [1.29, 1.82) is 0 Å². The summed E-state index contributed by atoms with van der Waals surface area (Å²) in [7, 11) is -2.77. The van der Waals surface area contributed by atoms with Gasteiger partial charge in [0.1, 0.15) is 16.7 Å². The highest BCUT2D eigenvalue weighted by Crippen LogP contribution is 2.31. The van der Waals surface area contributed by atoms with Gasteiger partial charge in [-0.15, -0.1) is 0 Å². The molecule has 172 valence electrons. The molecule has 0 bridgehead atoms. The van der Waals surface area contributed by atoms with Gasteiger partial charge in [-0.3, -0.25) is 19.2 Å². The largest absolute Gasteiger partial charge is 0.495 e. The minimum absolute atomic E-state index is 0.112. The van der Waals surface area contributed by atoms with E-state index in [1.54, 1.807) is 6.07 Å². The summed E-state index contributed by atoms with van der Waals surface area (Å²) < 4.78 is 35.4. The van der Waals surface area contributed by atoms with Crippen LogP contribution in [-0.2, 0) is 21.2 Å². The van der Waals surface area contributed by atoms with Crippen LogP contribution in [0.4, 0.5) is 5.69 Å². The Labute approximate surface area is 189 Å². The quantitative estimate of drug-likeness (QED) is 0.471. The van der Waals surface area contributed by atoms with Crippen LogP contribution in [0.1, 0.15) is 29.0 Å². The molecule has 0 fully saturated rings. The Morgan fingerprint density at radius 3 is 2.79 bits per heavy atom. The van der Waals surface area contributed by atoms with Crippen molar-refractivity contribution in [3.63, 3.8) is 0 Å². The fourth-order valence-corrected chi connectivity index (χ4v) is 4.65. The summed E-state index contributed by atoms with van der Waals surface area (Å²) in [6, 6.07) is 5.13. The Balaban J connectivity index is 1.68. The van der Waals surface area contributed by atoms with Crippen LogP contribution < -0.4 is 14.8 Å². The highest BCUT2D eigenvalue weighted by molar-refractivity contribution is 7.92. The van der Waals surface area contributed by atoms with Gasteiger partial charge in [-0.05, 0) is 30.7 Å². The normalized spacial score (nSPS) is 14.2. The van der Waals surface area contributed by atoms with E-state index in [1.165, 1.54) is 55.5 Å². The number of aromatic nitrogens is 3. The third-order valence-electron chi connectivity index (χ3n) is 5.26. The minimum Gasteiger partial charge on any atom is -0.495 e. The zero-order chi connectivity index (χ0) is 23.8. The molecule has 2 aromatic heterocycles. The molecule has 1 unspecified atom stereocenters. The molecular formula is C21H21N5O6S. The maximum absolute atomic E-state index is 13.2. The van der Waals surface area contributed by atoms with E-state index in [0.717, 1.165) is 0 Å². The highest BCUT2D eigenvalue weighted by Gasteiger charge is 2.24. The number of carboxylic acid groups (broad SMARTS) is 1. The van der Waals surface area contributed by atoms with Gasteiger partial charge in [0.05, 0.1) is 36.4 Å². The third-order valence-corrected chi connectivity index (χ3v) is 6.66. The summed E-state index contributed by atoms with van der Waals surface area (Å²) in [5.74, 6) is -1.24. The van der Waals surface area contributed by atoms with Crippen LogP contribution in [-0.4, -0.2) is 53.8 Å². The minimum atomic E-state index is -4.12. The van der Waals surface area contributed by atoms with Crippen molar-refractivity contribution in [1.82, 2.24) is 20.1 Å². The Bertz CT molecular complexity index is 1350. The molecule has 33 heavy (non-hydrogen) atoms. The molecule has 3 aromatic rings. The van der Waals surface area contributed by atoms with Crippen molar-refractivity contribution in [2.24, 2.45) is 0 Å². The number of carbonyl (C=O) groups excluding carboxylic acids is 1. The first kappa shape index (κ1) is 22.3. The lowest BCUT2D eigenvalue weighted by atomic mass is 10.1.